The molecular weight excluding hydrogens is 619 g/mol. The molecule has 0 unspecified atom stereocenters. The van der Waals surface area contributed by atoms with E-state index in [0.717, 1.165) is 39.5 Å². The lowest BCUT2D eigenvalue weighted by molar-refractivity contribution is 0.415. The molecule has 0 amide bonds. The number of hydrogen-bond acceptors (Lipinski definition) is 2. The summed E-state index contributed by atoms with van der Waals surface area (Å²) < 4.78 is 5.37. The van der Waals surface area contributed by atoms with Gasteiger partial charge in [0.1, 0.15) is 5.75 Å². The van der Waals surface area contributed by atoms with Crippen LogP contribution in [0.3, 0.4) is 0 Å². The van der Waals surface area contributed by atoms with Crippen molar-refractivity contribution in [2.75, 3.05) is 12.0 Å². The van der Waals surface area contributed by atoms with E-state index in [2.05, 4.69) is 187 Å². The molecule has 2 heteroatoms. The van der Waals surface area contributed by atoms with Gasteiger partial charge in [-0.25, -0.2) is 0 Å². The van der Waals surface area contributed by atoms with Crippen LogP contribution >= 0.6 is 0 Å². The van der Waals surface area contributed by atoms with E-state index in [4.69, 9.17) is 4.74 Å². The molecular formula is C49H37NO. The molecule has 0 bridgehead atoms. The molecule has 0 atom stereocenters. The molecule has 8 rings (SSSR count). The van der Waals surface area contributed by atoms with Gasteiger partial charge < -0.3 is 9.64 Å². The van der Waals surface area contributed by atoms with Crippen molar-refractivity contribution in [3.05, 3.63) is 204 Å². The quantitative estimate of drug-likeness (QED) is 0.113. The van der Waals surface area contributed by atoms with Crippen LogP contribution in [-0.2, 0) is 0 Å². The van der Waals surface area contributed by atoms with Gasteiger partial charge in [0.25, 0.3) is 0 Å². The van der Waals surface area contributed by atoms with Crippen molar-refractivity contribution >= 4 is 62.9 Å². The Balaban J connectivity index is 1.14. The number of rotatable bonds is 9. The monoisotopic (exact) mass is 655 g/mol. The zero-order valence-corrected chi connectivity index (χ0v) is 28.5. The van der Waals surface area contributed by atoms with Crippen LogP contribution in [0.15, 0.2) is 182 Å². The van der Waals surface area contributed by atoms with Crippen LogP contribution in [0.25, 0.3) is 57.0 Å². The van der Waals surface area contributed by atoms with Gasteiger partial charge in [-0.2, -0.15) is 0 Å². The third kappa shape index (κ3) is 7.08. The van der Waals surface area contributed by atoms with E-state index in [9.17, 15) is 0 Å². The van der Waals surface area contributed by atoms with Gasteiger partial charge in [0.2, 0.25) is 0 Å². The zero-order chi connectivity index (χ0) is 34.4. The predicted molar refractivity (Wildman–Crippen MR) is 219 cm³/mol. The lowest BCUT2D eigenvalue weighted by Gasteiger charge is -2.26. The molecule has 244 valence electrons. The second kappa shape index (κ2) is 14.5. The molecule has 0 fully saturated rings. The minimum atomic E-state index is 0.855. The number of nitrogens with zero attached hydrogens (tertiary/aromatic N) is 1. The predicted octanol–water partition coefficient (Wildman–Crippen LogP) is 13.5. The van der Waals surface area contributed by atoms with Crippen molar-refractivity contribution < 1.29 is 4.74 Å². The third-order valence-electron chi connectivity index (χ3n) is 9.34. The minimum Gasteiger partial charge on any atom is -0.497 e. The lowest BCUT2D eigenvalue weighted by atomic mass is 9.99. The van der Waals surface area contributed by atoms with Gasteiger partial charge in [-0.05, 0) is 110 Å². The fraction of sp³-hybridized carbons (Fsp3) is 0.0204. The maximum atomic E-state index is 5.37. The van der Waals surface area contributed by atoms with Crippen LogP contribution < -0.4 is 9.64 Å². The van der Waals surface area contributed by atoms with E-state index < -0.39 is 0 Å². The van der Waals surface area contributed by atoms with Crippen molar-refractivity contribution in [1.82, 2.24) is 0 Å². The molecule has 0 saturated heterocycles. The van der Waals surface area contributed by atoms with E-state index in [-0.39, 0.29) is 0 Å². The van der Waals surface area contributed by atoms with Gasteiger partial charge in [0.05, 0.1) is 7.11 Å². The Morgan fingerprint density at radius 1 is 0.373 bits per heavy atom. The van der Waals surface area contributed by atoms with E-state index in [1.807, 2.05) is 24.3 Å². The molecule has 51 heavy (non-hydrogen) atoms. The Bertz CT molecular complexity index is 2460. The maximum absolute atomic E-state index is 5.37. The topological polar surface area (TPSA) is 12.5 Å². The second-order valence-electron chi connectivity index (χ2n) is 12.6. The lowest BCUT2D eigenvalue weighted by Crippen LogP contribution is -2.09. The average molecular weight is 656 g/mol. The van der Waals surface area contributed by atoms with Gasteiger partial charge in [-0.15, -0.1) is 0 Å². The molecule has 0 aliphatic carbocycles. The number of ether oxygens (including phenoxy) is 1. The first-order chi connectivity index (χ1) is 25.2. The SMILES string of the molecule is COc1ccc(-c2ccc(N(c3ccc(/C=C/c4ccccc4)cc3)c3ccc4c(ccc5cc(/C=C/c6ccccc6)ccc54)c3)cc2)cc1. The summed E-state index contributed by atoms with van der Waals surface area (Å²) in [7, 11) is 1.70. The minimum absolute atomic E-state index is 0.855. The molecule has 0 aromatic heterocycles. The zero-order valence-electron chi connectivity index (χ0n) is 28.5. The van der Waals surface area contributed by atoms with Crippen molar-refractivity contribution in [2.45, 2.75) is 0 Å². The summed E-state index contributed by atoms with van der Waals surface area (Å²) in [6, 6.07) is 64.7. The Kier molecular flexibility index (Phi) is 8.96. The molecule has 0 radical (unpaired) electrons. The highest BCUT2D eigenvalue weighted by Gasteiger charge is 2.14. The number of benzene rings is 8. The van der Waals surface area contributed by atoms with E-state index >= 15 is 0 Å². The molecule has 0 aliphatic rings. The highest BCUT2D eigenvalue weighted by molar-refractivity contribution is 6.09. The van der Waals surface area contributed by atoms with Gasteiger partial charge in [0.15, 0.2) is 0 Å². The van der Waals surface area contributed by atoms with Crippen LogP contribution in [0.1, 0.15) is 22.3 Å². The largest absolute Gasteiger partial charge is 0.497 e. The van der Waals surface area contributed by atoms with Crippen molar-refractivity contribution in [2.24, 2.45) is 0 Å². The Labute approximate surface area is 299 Å². The summed E-state index contributed by atoms with van der Waals surface area (Å²) >= 11 is 0. The van der Waals surface area contributed by atoms with Crippen molar-refractivity contribution in [3.63, 3.8) is 0 Å². The maximum Gasteiger partial charge on any atom is 0.118 e. The number of anilines is 3. The van der Waals surface area contributed by atoms with Crippen molar-refractivity contribution in [3.8, 4) is 16.9 Å². The van der Waals surface area contributed by atoms with E-state index in [0.29, 0.717) is 0 Å². The molecule has 2 nitrogen and oxygen atoms in total. The highest BCUT2D eigenvalue weighted by Crippen LogP contribution is 2.38. The Morgan fingerprint density at radius 2 is 0.804 bits per heavy atom. The Hall–Kier alpha value is -6.64. The number of hydrogen-bond donors (Lipinski definition) is 0. The number of methoxy groups -OCH3 is 1. The summed E-state index contributed by atoms with van der Waals surface area (Å²) in [5.74, 6) is 0.855. The first-order valence-electron chi connectivity index (χ1n) is 17.3. The van der Waals surface area contributed by atoms with Crippen LogP contribution in [-0.4, -0.2) is 7.11 Å². The Morgan fingerprint density at radius 3 is 1.37 bits per heavy atom. The normalized spacial score (nSPS) is 11.5. The summed E-state index contributed by atoms with van der Waals surface area (Å²) in [5.41, 5.74) is 10.3. The second-order valence-corrected chi connectivity index (χ2v) is 12.6. The average Bonchev–Trinajstić information content (AvgIpc) is 3.20. The summed E-state index contributed by atoms with van der Waals surface area (Å²) in [4.78, 5) is 2.34. The summed E-state index contributed by atoms with van der Waals surface area (Å²) in [5, 5.41) is 4.93. The van der Waals surface area contributed by atoms with Crippen molar-refractivity contribution in [1.29, 1.82) is 0 Å². The van der Waals surface area contributed by atoms with Crippen LogP contribution in [0, 0.1) is 0 Å². The fourth-order valence-corrected chi connectivity index (χ4v) is 6.60. The van der Waals surface area contributed by atoms with Crippen LogP contribution in [0.5, 0.6) is 5.75 Å². The molecule has 0 saturated carbocycles. The van der Waals surface area contributed by atoms with Gasteiger partial charge >= 0.3 is 0 Å². The van der Waals surface area contributed by atoms with Gasteiger partial charge in [-0.3, -0.25) is 0 Å². The third-order valence-corrected chi connectivity index (χ3v) is 9.34. The standard InChI is InChI=1S/C49H37NO/c1-51-47-30-23-41(24-31-47)40-21-27-45(28-22-40)50(44-25-16-38(17-26-44)13-12-36-8-4-2-5-9-36)46-29-33-49-43(35-46)20-19-42-34-39(18-32-48(42)49)15-14-37-10-6-3-7-11-37/h2-35H,1H3/b13-12+,15-14+. The molecule has 0 N–H and O–H groups in total. The molecule has 0 spiro atoms. The van der Waals surface area contributed by atoms with Gasteiger partial charge in [0, 0.05) is 17.1 Å². The fourth-order valence-electron chi connectivity index (χ4n) is 6.60. The smallest absolute Gasteiger partial charge is 0.118 e. The van der Waals surface area contributed by atoms with Crippen LogP contribution in [0.2, 0.25) is 0 Å². The molecule has 0 aliphatic heterocycles. The highest BCUT2D eigenvalue weighted by atomic mass is 16.5. The molecule has 8 aromatic rings. The van der Waals surface area contributed by atoms with Gasteiger partial charge in [-0.1, -0.05) is 152 Å². The first-order valence-corrected chi connectivity index (χ1v) is 17.3. The van der Waals surface area contributed by atoms with Crippen LogP contribution in [0.4, 0.5) is 17.1 Å². The van der Waals surface area contributed by atoms with E-state index in [1.54, 1.807) is 7.11 Å². The van der Waals surface area contributed by atoms with E-state index in [1.165, 1.54) is 38.2 Å². The molecule has 8 aromatic carbocycles. The first kappa shape index (κ1) is 31.6. The molecule has 0 heterocycles. The summed E-state index contributed by atoms with van der Waals surface area (Å²) in [6.45, 7) is 0. The summed E-state index contributed by atoms with van der Waals surface area (Å²) in [6.07, 6.45) is 8.67. The number of fused-ring (bicyclic) bond motifs is 3.